The Balaban J connectivity index is 2.63. The van der Waals surface area contributed by atoms with Crippen LogP contribution in [0.25, 0.3) is 0 Å². The van der Waals surface area contributed by atoms with Crippen molar-refractivity contribution < 1.29 is 12.8 Å². The van der Waals surface area contributed by atoms with E-state index in [4.69, 9.17) is 0 Å². The van der Waals surface area contributed by atoms with Crippen LogP contribution in [0.15, 0.2) is 18.5 Å². The Morgan fingerprint density at radius 2 is 2.25 bits per heavy atom. The van der Waals surface area contributed by atoms with E-state index in [1.54, 1.807) is 0 Å². The molecule has 1 heterocycles. The van der Waals surface area contributed by atoms with Crippen LogP contribution >= 0.6 is 0 Å². The lowest BCUT2D eigenvalue weighted by atomic mass is 10.4. The summed E-state index contributed by atoms with van der Waals surface area (Å²) in [6, 6.07) is 1.17. The first-order valence-electron chi connectivity index (χ1n) is 3.15. The zero-order valence-corrected chi connectivity index (χ0v) is 6.92. The van der Waals surface area contributed by atoms with Crippen LogP contribution in [0, 0.1) is 5.82 Å². The van der Waals surface area contributed by atoms with Gasteiger partial charge in [0.2, 0.25) is 0 Å². The first-order chi connectivity index (χ1) is 5.68. The van der Waals surface area contributed by atoms with Crippen LogP contribution in [-0.2, 0) is 10.7 Å². The number of aromatic nitrogens is 1. The Morgan fingerprint density at radius 3 is 2.83 bits per heavy atom. The molecule has 4 nitrogen and oxygen atoms in total. The Bertz CT molecular complexity index is 332. The van der Waals surface area contributed by atoms with E-state index in [0.29, 0.717) is 5.69 Å². The summed E-state index contributed by atoms with van der Waals surface area (Å²) in [6.45, 7) is 0. The number of anilines is 1. The second kappa shape index (κ2) is 4.01. The molecule has 0 bridgehead atoms. The van der Waals surface area contributed by atoms with E-state index < -0.39 is 16.5 Å². The average molecular weight is 190 g/mol. The van der Waals surface area contributed by atoms with E-state index >= 15 is 0 Å². The van der Waals surface area contributed by atoms with E-state index in [9.17, 15) is 12.8 Å². The molecule has 12 heavy (non-hydrogen) atoms. The number of hydrogen-bond donors (Lipinski definition) is 2. The summed E-state index contributed by atoms with van der Waals surface area (Å²) in [5.41, 5.74) is 0.356. The molecule has 0 fully saturated rings. The Hall–Kier alpha value is -1.17. The van der Waals surface area contributed by atoms with Gasteiger partial charge in [0.15, 0.2) is 10.7 Å². The molecule has 0 spiro atoms. The number of halogens is 1. The minimum absolute atomic E-state index is 0.208. The lowest BCUT2D eigenvalue weighted by Crippen LogP contribution is -2.02. The molecular weight excluding hydrogens is 183 g/mol. The molecule has 1 aromatic rings. The number of thiol groups is 1. The van der Waals surface area contributed by atoms with Crippen molar-refractivity contribution in [1.29, 1.82) is 0 Å². The molecular formula is C6H7FN2O2S. The number of hydrogen-bond acceptors (Lipinski definition) is 4. The molecule has 0 unspecified atom stereocenters. The largest absolute Gasteiger partial charge is 0.370 e. The maximum Gasteiger partial charge on any atom is 0.158 e. The SMILES string of the molecule is O=[SH](=O)CNc1cncc(F)c1. The van der Waals surface area contributed by atoms with E-state index in [1.807, 2.05) is 0 Å². The highest BCUT2D eigenvalue weighted by Crippen LogP contribution is 2.05. The third kappa shape index (κ3) is 2.83. The van der Waals surface area contributed by atoms with Crippen LogP contribution in [0.1, 0.15) is 0 Å². The Kier molecular flexibility index (Phi) is 2.98. The van der Waals surface area contributed by atoms with E-state index in [1.165, 1.54) is 12.3 Å². The van der Waals surface area contributed by atoms with Gasteiger partial charge >= 0.3 is 0 Å². The third-order valence-corrected chi connectivity index (χ3v) is 1.53. The molecule has 0 atom stereocenters. The van der Waals surface area contributed by atoms with Crippen LogP contribution in [-0.4, -0.2) is 19.3 Å². The average Bonchev–Trinajstić information content (AvgIpc) is 2.01. The van der Waals surface area contributed by atoms with Crippen LogP contribution in [0.2, 0.25) is 0 Å². The van der Waals surface area contributed by atoms with Crippen molar-refractivity contribution in [3.63, 3.8) is 0 Å². The smallest absolute Gasteiger partial charge is 0.158 e. The van der Waals surface area contributed by atoms with Gasteiger partial charge in [0.05, 0.1) is 18.1 Å². The monoisotopic (exact) mass is 190 g/mol. The van der Waals surface area contributed by atoms with Gasteiger partial charge in [-0.2, -0.15) is 0 Å². The van der Waals surface area contributed by atoms with Gasteiger partial charge in [-0.3, -0.25) is 4.98 Å². The van der Waals surface area contributed by atoms with Crippen LogP contribution < -0.4 is 5.32 Å². The molecule has 0 saturated heterocycles. The highest BCUT2D eigenvalue weighted by molar-refractivity contribution is 7.72. The summed E-state index contributed by atoms with van der Waals surface area (Å²) in [6.07, 6.45) is 2.39. The fourth-order valence-electron chi connectivity index (χ4n) is 0.664. The molecule has 0 aliphatic carbocycles. The van der Waals surface area contributed by atoms with Gasteiger partial charge < -0.3 is 5.32 Å². The second-order valence-electron chi connectivity index (χ2n) is 2.06. The van der Waals surface area contributed by atoms with E-state index in [-0.39, 0.29) is 5.88 Å². The topological polar surface area (TPSA) is 59.1 Å². The van der Waals surface area contributed by atoms with Crippen LogP contribution in [0.4, 0.5) is 10.1 Å². The first kappa shape index (κ1) is 8.92. The Morgan fingerprint density at radius 1 is 1.50 bits per heavy atom. The van der Waals surface area contributed by atoms with Crippen molar-refractivity contribution in [1.82, 2.24) is 4.98 Å². The summed E-state index contributed by atoms with van der Waals surface area (Å²) < 4.78 is 32.7. The van der Waals surface area contributed by atoms with Gasteiger partial charge in [-0.15, -0.1) is 0 Å². The Labute approximate surface area is 70.4 Å². The summed E-state index contributed by atoms with van der Waals surface area (Å²) in [5.74, 6) is -0.707. The zero-order chi connectivity index (χ0) is 8.97. The van der Waals surface area contributed by atoms with Crippen LogP contribution in [0.5, 0.6) is 0 Å². The van der Waals surface area contributed by atoms with E-state index in [2.05, 4.69) is 10.3 Å². The highest BCUT2D eigenvalue weighted by Gasteiger charge is 1.94. The summed E-state index contributed by atoms with van der Waals surface area (Å²) in [4.78, 5) is 3.53. The maximum absolute atomic E-state index is 12.4. The molecule has 0 saturated carbocycles. The molecule has 1 aromatic heterocycles. The molecule has 6 heteroatoms. The fourth-order valence-corrected chi connectivity index (χ4v) is 0.976. The molecule has 0 amide bonds. The number of nitrogens with zero attached hydrogens (tertiary/aromatic N) is 1. The number of nitrogens with one attached hydrogen (secondary N) is 1. The predicted molar refractivity (Wildman–Crippen MR) is 43.0 cm³/mol. The molecule has 1 rings (SSSR count). The van der Waals surface area contributed by atoms with Crippen molar-refractivity contribution >= 4 is 16.4 Å². The maximum atomic E-state index is 12.4. The number of pyridine rings is 1. The molecule has 0 aromatic carbocycles. The molecule has 0 aliphatic heterocycles. The van der Waals surface area contributed by atoms with Crippen molar-refractivity contribution in [2.75, 3.05) is 11.2 Å². The van der Waals surface area contributed by atoms with Gasteiger partial charge in [0.25, 0.3) is 0 Å². The van der Waals surface area contributed by atoms with Crippen molar-refractivity contribution in [3.05, 3.63) is 24.3 Å². The van der Waals surface area contributed by atoms with Gasteiger partial charge in [0.1, 0.15) is 11.7 Å². The standard InChI is InChI=1S/C6H7FN2O2S/c7-5-1-6(3-8-2-5)9-4-12(10)11/h1-3,9,12H,4H2. The lowest BCUT2D eigenvalue weighted by molar-refractivity contribution is 0.615. The number of rotatable bonds is 3. The zero-order valence-electron chi connectivity index (χ0n) is 6.03. The second-order valence-corrected chi connectivity index (χ2v) is 3.04. The minimum atomic E-state index is -2.50. The van der Waals surface area contributed by atoms with Gasteiger partial charge in [0, 0.05) is 6.07 Å². The highest BCUT2D eigenvalue weighted by atomic mass is 32.2. The predicted octanol–water partition coefficient (Wildman–Crippen LogP) is 0.202. The van der Waals surface area contributed by atoms with Crippen molar-refractivity contribution in [2.45, 2.75) is 0 Å². The third-order valence-electron chi connectivity index (χ3n) is 1.12. The molecule has 1 N–H and O–H groups in total. The lowest BCUT2D eigenvalue weighted by Gasteiger charge is -1.99. The van der Waals surface area contributed by atoms with Crippen LogP contribution in [0.3, 0.4) is 0 Å². The normalized spacial score (nSPS) is 10.2. The van der Waals surface area contributed by atoms with E-state index in [0.717, 1.165) is 6.20 Å². The van der Waals surface area contributed by atoms with Crippen molar-refractivity contribution in [3.8, 4) is 0 Å². The van der Waals surface area contributed by atoms with Gasteiger partial charge in [-0.25, -0.2) is 12.8 Å². The summed E-state index contributed by atoms with van der Waals surface area (Å²) in [5, 5.41) is 2.49. The summed E-state index contributed by atoms with van der Waals surface area (Å²) >= 11 is 0. The molecule has 66 valence electrons. The first-order valence-corrected chi connectivity index (χ1v) is 4.51. The van der Waals surface area contributed by atoms with Gasteiger partial charge in [-0.1, -0.05) is 0 Å². The fraction of sp³-hybridized carbons (Fsp3) is 0.167. The quantitative estimate of drug-likeness (QED) is 0.668. The molecule has 0 radical (unpaired) electrons. The van der Waals surface area contributed by atoms with Gasteiger partial charge in [-0.05, 0) is 0 Å². The summed E-state index contributed by atoms with van der Waals surface area (Å²) in [7, 11) is -2.50. The van der Waals surface area contributed by atoms with Crippen molar-refractivity contribution in [2.24, 2.45) is 0 Å². The minimum Gasteiger partial charge on any atom is -0.370 e. The molecule has 0 aliphatic rings.